The van der Waals surface area contributed by atoms with Gasteiger partial charge in [0.2, 0.25) is 11.8 Å². The van der Waals surface area contributed by atoms with Crippen LogP contribution in [0.25, 0.3) is 0 Å². The van der Waals surface area contributed by atoms with Gasteiger partial charge in [0, 0.05) is 33.0 Å². The highest BCUT2D eigenvalue weighted by molar-refractivity contribution is 5.74. The average molecular weight is 364 g/mol. The summed E-state index contributed by atoms with van der Waals surface area (Å²) in [7, 11) is 0. The predicted octanol–water partition coefficient (Wildman–Crippen LogP) is 1.56. The van der Waals surface area contributed by atoms with Gasteiger partial charge in [0.05, 0.1) is 6.54 Å². The number of carboxylic acids is 1. The van der Waals surface area contributed by atoms with Gasteiger partial charge in [0.25, 0.3) is 0 Å². The van der Waals surface area contributed by atoms with Crippen LogP contribution in [0, 0.1) is 11.3 Å². The van der Waals surface area contributed by atoms with Crippen molar-refractivity contribution in [3.63, 3.8) is 0 Å². The summed E-state index contributed by atoms with van der Waals surface area (Å²) < 4.78 is 5.28. The highest BCUT2D eigenvalue weighted by Crippen LogP contribution is 2.43. The lowest BCUT2D eigenvalue weighted by atomic mass is 9.76. The molecule has 0 aliphatic carbocycles. The second-order valence-corrected chi connectivity index (χ2v) is 8.17. The van der Waals surface area contributed by atoms with Crippen LogP contribution in [0.4, 0.5) is 0 Å². The number of likely N-dealkylation sites (tertiary alicyclic amines) is 2. The second kappa shape index (κ2) is 7.34. The second-order valence-electron chi connectivity index (χ2n) is 8.17. The fourth-order valence-corrected chi connectivity index (χ4v) is 4.18. The van der Waals surface area contributed by atoms with Crippen LogP contribution in [0.2, 0.25) is 0 Å². The molecule has 2 aliphatic rings. The Balaban J connectivity index is 1.67. The zero-order valence-electron chi connectivity index (χ0n) is 15.8. The van der Waals surface area contributed by atoms with Crippen molar-refractivity contribution in [2.24, 2.45) is 11.3 Å². The van der Waals surface area contributed by atoms with Crippen molar-refractivity contribution >= 4 is 11.9 Å². The van der Waals surface area contributed by atoms with E-state index in [2.05, 4.69) is 24.0 Å². The van der Waals surface area contributed by atoms with Gasteiger partial charge in [-0.05, 0) is 30.6 Å². The molecule has 1 N–H and O–H groups in total. The molecule has 1 amide bonds. The van der Waals surface area contributed by atoms with Crippen molar-refractivity contribution in [1.82, 2.24) is 19.9 Å². The molecule has 8 heteroatoms. The van der Waals surface area contributed by atoms with Crippen LogP contribution in [-0.4, -0.2) is 62.6 Å². The molecule has 1 aromatic rings. The van der Waals surface area contributed by atoms with Gasteiger partial charge in [-0.15, -0.1) is 0 Å². The molecular formula is C18H28N4O4. The fraction of sp³-hybridized carbons (Fsp3) is 0.778. The van der Waals surface area contributed by atoms with Crippen LogP contribution < -0.4 is 0 Å². The lowest BCUT2D eigenvalue weighted by Gasteiger charge is -2.39. The summed E-state index contributed by atoms with van der Waals surface area (Å²) in [6, 6.07) is -0.536. The maximum absolute atomic E-state index is 11.8. The topological polar surface area (TPSA) is 99.8 Å². The molecule has 0 unspecified atom stereocenters. The molecule has 2 aliphatic heterocycles. The van der Waals surface area contributed by atoms with Crippen molar-refractivity contribution in [3.05, 3.63) is 11.7 Å². The van der Waals surface area contributed by atoms with E-state index < -0.39 is 12.0 Å². The van der Waals surface area contributed by atoms with Crippen LogP contribution in [0.1, 0.15) is 51.7 Å². The third-order valence-corrected chi connectivity index (χ3v) is 5.60. The summed E-state index contributed by atoms with van der Waals surface area (Å²) in [6.07, 6.45) is 3.03. The number of carbonyl (C=O) groups is 2. The van der Waals surface area contributed by atoms with Gasteiger partial charge < -0.3 is 14.5 Å². The first-order valence-corrected chi connectivity index (χ1v) is 9.32. The molecule has 144 valence electrons. The zero-order valence-corrected chi connectivity index (χ0v) is 15.8. The van der Waals surface area contributed by atoms with E-state index in [4.69, 9.17) is 4.52 Å². The first-order chi connectivity index (χ1) is 12.3. The molecule has 1 aromatic heterocycles. The van der Waals surface area contributed by atoms with Crippen molar-refractivity contribution in [2.45, 2.75) is 59.0 Å². The Morgan fingerprint density at radius 3 is 2.62 bits per heavy atom. The van der Waals surface area contributed by atoms with Crippen molar-refractivity contribution < 1.29 is 19.2 Å². The minimum Gasteiger partial charge on any atom is -0.480 e. The van der Waals surface area contributed by atoms with Crippen LogP contribution >= 0.6 is 0 Å². The number of carboxylic acid groups (broad SMARTS) is 1. The summed E-state index contributed by atoms with van der Waals surface area (Å²) in [5, 5.41) is 13.7. The molecule has 2 saturated heterocycles. The molecule has 8 nitrogen and oxygen atoms in total. The minimum absolute atomic E-state index is 0.0422. The van der Waals surface area contributed by atoms with Gasteiger partial charge in [-0.3, -0.25) is 14.5 Å². The number of carbonyl (C=O) groups excluding carboxylic acids is 1. The Morgan fingerprint density at radius 2 is 2.04 bits per heavy atom. The van der Waals surface area contributed by atoms with E-state index in [1.807, 2.05) is 9.80 Å². The predicted molar refractivity (Wildman–Crippen MR) is 93.2 cm³/mol. The molecule has 0 aromatic carbocycles. The van der Waals surface area contributed by atoms with Gasteiger partial charge in [0.15, 0.2) is 5.82 Å². The lowest BCUT2D eigenvalue weighted by molar-refractivity contribution is -0.142. The first-order valence-electron chi connectivity index (χ1n) is 9.32. The zero-order chi connectivity index (χ0) is 18.9. The molecule has 0 radical (unpaired) electrons. The van der Waals surface area contributed by atoms with Gasteiger partial charge in [-0.1, -0.05) is 19.0 Å². The molecule has 1 atom stereocenters. The van der Waals surface area contributed by atoms with Crippen LogP contribution in [-0.2, 0) is 22.6 Å². The van der Waals surface area contributed by atoms with E-state index in [0.717, 1.165) is 19.3 Å². The molecule has 0 saturated carbocycles. The summed E-state index contributed by atoms with van der Waals surface area (Å²) >= 11 is 0. The van der Waals surface area contributed by atoms with E-state index in [-0.39, 0.29) is 11.3 Å². The summed E-state index contributed by atoms with van der Waals surface area (Å²) in [5.41, 5.74) is -0.0422. The summed E-state index contributed by atoms with van der Waals surface area (Å²) in [6.45, 7) is 8.25. The molecule has 0 bridgehead atoms. The number of nitrogens with zero attached hydrogens (tertiary/aromatic N) is 4. The fourth-order valence-electron chi connectivity index (χ4n) is 4.18. The van der Waals surface area contributed by atoms with Gasteiger partial charge in [0.1, 0.15) is 6.04 Å². The molecule has 2 fully saturated rings. The van der Waals surface area contributed by atoms with Crippen LogP contribution in [0.3, 0.4) is 0 Å². The van der Waals surface area contributed by atoms with Gasteiger partial charge in [-0.25, -0.2) is 0 Å². The molecule has 3 rings (SSSR count). The van der Waals surface area contributed by atoms with Crippen molar-refractivity contribution in [2.75, 3.05) is 19.6 Å². The van der Waals surface area contributed by atoms with E-state index in [1.165, 1.54) is 0 Å². The van der Waals surface area contributed by atoms with E-state index in [9.17, 15) is 14.7 Å². The van der Waals surface area contributed by atoms with Gasteiger partial charge >= 0.3 is 5.97 Å². The highest BCUT2D eigenvalue weighted by atomic mass is 16.5. The molecule has 1 spiro atoms. The standard InChI is InChI=1S/C18H28N4O4/c1-12(2)8-16-19-15(20-26-16)10-22-11-18(9-14(22)17(24)25)4-6-21(7-5-18)13(3)23/h12,14H,4-11H2,1-3H3,(H,24,25)/t14-/m1/s1. The maximum Gasteiger partial charge on any atom is 0.320 e. The number of hydrogen-bond donors (Lipinski definition) is 1. The largest absolute Gasteiger partial charge is 0.480 e. The first kappa shape index (κ1) is 18.8. The van der Waals surface area contributed by atoms with Crippen LogP contribution in [0.5, 0.6) is 0 Å². The Morgan fingerprint density at radius 1 is 1.35 bits per heavy atom. The molecule has 26 heavy (non-hydrogen) atoms. The normalized spacial score (nSPS) is 23.1. The van der Waals surface area contributed by atoms with E-state index in [0.29, 0.717) is 50.2 Å². The number of amides is 1. The monoisotopic (exact) mass is 364 g/mol. The van der Waals surface area contributed by atoms with Crippen molar-refractivity contribution in [3.8, 4) is 0 Å². The average Bonchev–Trinajstić information content (AvgIpc) is 3.12. The number of hydrogen-bond acceptors (Lipinski definition) is 6. The van der Waals surface area contributed by atoms with Crippen LogP contribution in [0.15, 0.2) is 4.52 Å². The third kappa shape index (κ3) is 4.06. The summed E-state index contributed by atoms with van der Waals surface area (Å²) in [4.78, 5) is 31.5. The Labute approximate surface area is 153 Å². The minimum atomic E-state index is -0.804. The van der Waals surface area contributed by atoms with E-state index in [1.54, 1.807) is 6.92 Å². The highest BCUT2D eigenvalue weighted by Gasteiger charge is 2.48. The lowest BCUT2D eigenvalue weighted by Crippen LogP contribution is -2.43. The number of aliphatic carboxylic acids is 1. The number of aromatic nitrogens is 2. The number of rotatable bonds is 5. The Hall–Kier alpha value is -1.96. The van der Waals surface area contributed by atoms with E-state index >= 15 is 0 Å². The Kier molecular flexibility index (Phi) is 5.32. The maximum atomic E-state index is 11.8. The summed E-state index contributed by atoms with van der Waals surface area (Å²) in [5.74, 6) is 0.864. The van der Waals surface area contributed by atoms with Crippen molar-refractivity contribution in [1.29, 1.82) is 0 Å². The smallest absolute Gasteiger partial charge is 0.320 e. The quantitative estimate of drug-likeness (QED) is 0.846. The SMILES string of the molecule is CC(=O)N1CCC2(CC1)C[C@H](C(=O)O)N(Cc1noc(CC(C)C)n1)C2. The third-order valence-electron chi connectivity index (χ3n) is 5.60. The number of piperidine rings is 1. The van der Waals surface area contributed by atoms with Gasteiger partial charge in [-0.2, -0.15) is 4.98 Å². The molecular weight excluding hydrogens is 336 g/mol. The Bertz CT molecular complexity index is 664. The molecule has 3 heterocycles.